The number of fused-ring (bicyclic) bond motifs is 1. The van der Waals surface area contributed by atoms with Crippen molar-refractivity contribution in [2.45, 2.75) is 49.1 Å². The molecule has 0 saturated carbocycles. The van der Waals surface area contributed by atoms with E-state index in [1.807, 2.05) is 41.6 Å². The first-order valence-corrected chi connectivity index (χ1v) is 15.3. The summed E-state index contributed by atoms with van der Waals surface area (Å²) in [6, 6.07) is 11.5. The van der Waals surface area contributed by atoms with Crippen LogP contribution in [0.3, 0.4) is 0 Å². The first-order chi connectivity index (χ1) is 16.7. The van der Waals surface area contributed by atoms with E-state index in [0.29, 0.717) is 33.8 Å². The van der Waals surface area contributed by atoms with Gasteiger partial charge in [-0.05, 0) is 0 Å². The van der Waals surface area contributed by atoms with Crippen LogP contribution in [0.5, 0.6) is 5.75 Å². The van der Waals surface area contributed by atoms with Crippen LogP contribution in [0.1, 0.15) is 37.8 Å². The number of ether oxygens (including phenoxy) is 1. The Labute approximate surface area is 222 Å². The molecule has 0 saturated heterocycles. The summed E-state index contributed by atoms with van der Waals surface area (Å²) >= 11 is 9.32. The van der Waals surface area contributed by atoms with Crippen molar-refractivity contribution in [1.29, 1.82) is 0 Å². The summed E-state index contributed by atoms with van der Waals surface area (Å²) in [6.45, 7) is 13.5. The zero-order valence-electron chi connectivity index (χ0n) is 20.2. The monoisotopic (exact) mass is 550 g/mol. The van der Waals surface area contributed by atoms with Gasteiger partial charge in [-0.25, -0.2) is 4.79 Å². The van der Waals surface area contributed by atoms with Gasteiger partial charge in [-0.2, -0.15) is 0 Å². The summed E-state index contributed by atoms with van der Waals surface area (Å²) < 4.78 is 23.0. The number of thioether (sulfide) groups is 1. The maximum absolute atomic E-state index is 13.9. The van der Waals surface area contributed by atoms with Crippen LogP contribution >= 0.6 is 34.7 Å². The second kappa shape index (κ2) is 12.6. The number of thiophene rings is 1. The molecule has 0 fully saturated rings. The molecule has 5 nitrogen and oxygen atoms in total. The van der Waals surface area contributed by atoms with E-state index < -0.39 is 15.5 Å². The molecule has 1 radical (unpaired) electrons. The first kappa shape index (κ1) is 28.1. The second-order valence-corrected chi connectivity index (χ2v) is 13.2. The first-order valence-electron chi connectivity index (χ1n) is 11.5. The average molecular weight is 551 g/mol. The number of halogens is 1. The Bertz CT molecular complexity index is 1290. The van der Waals surface area contributed by atoms with Crippen molar-refractivity contribution in [3.05, 3.63) is 52.5 Å². The molecule has 1 atom stereocenters. The van der Waals surface area contributed by atoms with Gasteiger partial charge in [-0.1, -0.05) is 0 Å². The van der Waals surface area contributed by atoms with E-state index in [-0.39, 0.29) is 6.61 Å². The van der Waals surface area contributed by atoms with Crippen molar-refractivity contribution in [1.82, 2.24) is 4.31 Å². The zero-order chi connectivity index (χ0) is 25.6. The van der Waals surface area contributed by atoms with E-state index in [9.17, 15) is 9.00 Å². The molecule has 35 heavy (non-hydrogen) atoms. The minimum absolute atomic E-state index is 0.358. The van der Waals surface area contributed by atoms with E-state index in [1.165, 1.54) is 11.3 Å². The van der Waals surface area contributed by atoms with Crippen molar-refractivity contribution < 1.29 is 18.8 Å². The Balaban J connectivity index is 1.75. The Morgan fingerprint density at radius 1 is 1.20 bits per heavy atom. The maximum atomic E-state index is 13.9. The third kappa shape index (κ3) is 7.04. The summed E-state index contributed by atoms with van der Waals surface area (Å²) in [7, 11) is -2.89. The number of aliphatic carboxylic acids is 1. The van der Waals surface area contributed by atoms with Gasteiger partial charge in [0.1, 0.15) is 0 Å². The molecule has 1 unspecified atom stereocenters. The van der Waals surface area contributed by atoms with E-state index >= 15 is 0 Å². The number of nitrogens with zero attached hydrogens (tertiary/aromatic N) is 1. The molecule has 187 valence electrons. The SMILES string of the molecule is [B]=S(=O)(c1sc2ccc(Cl)cc2c1C)N(CCC)CCSc1ccc(OCC(=O)O)c(CCC)c1. The standard InChI is InChI=1S/C25H30BClNO4S3/c1-4-6-18-14-20(8-9-22(18)32-16-24(29)30)33-13-12-28(11-5-2)35(26,31)25-17(3)21-15-19(27)7-10-23(21)34-25/h7-10,14-15H,4-6,11-13,16H2,1-3H3,(H,29,30). The number of rotatable bonds is 13. The molecule has 1 heterocycles. The van der Waals surface area contributed by atoms with Crippen molar-refractivity contribution in [2.75, 3.05) is 25.4 Å². The van der Waals surface area contributed by atoms with E-state index in [2.05, 4.69) is 19.9 Å². The fourth-order valence-electron chi connectivity index (χ4n) is 3.86. The molecule has 0 aliphatic carbocycles. The van der Waals surface area contributed by atoms with Crippen molar-refractivity contribution in [2.24, 2.45) is 0 Å². The molecule has 1 N–H and O–H groups in total. The van der Waals surface area contributed by atoms with Gasteiger partial charge in [0.15, 0.2) is 0 Å². The van der Waals surface area contributed by atoms with Gasteiger partial charge in [-0.3, -0.25) is 0 Å². The number of benzene rings is 2. The molecule has 10 heteroatoms. The van der Waals surface area contributed by atoms with Gasteiger partial charge >= 0.3 is 213 Å². The molecule has 1 aromatic heterocycles. The predicted molar refractivity (Wildman–Crippen MR) is 150 cm³/mol. The molecular formula is C25H30BClNO4S3. The Morgan fingerprint density at radius 2 is 1.97 bits per heavy atom. The number of aryl methyl sites for hydroxylation is 2. The third-order valence-electron chi connectivity index (χ3n) is 5.49. The normalized spacial score (nSPS) is 13.3. The molecule has 2 aromatic carbocycles. The molecule has 3 aromatic rings. The van der Waals surface area contributed by atoms with E-state index in [4.69, 9.17) is 28.2 Å². The van der Waals surface area contributed by atoms with E-state index in [1.54, 1.807) is 11.8 Å². The molecule has 0 amide bonds. The second-order valence-electron chi connectivity index (χ2n) is 8.20. The van der Waals surface area contributed by atoms with Gasteiger partial charge in [0.25, 0.3) is 0 Å². The Hall–Kier alpha value is -1.52. The van der Waals surface area contributed by atoms with Gasteiger partial charge in [0, 0.05) is 0 Å². The molecule has 0 bridgehead atoms. The fourth-order valence-corrected chi connectivity index (χ4v) is 8.66. The van der Waals surface area contributed by atoms with Gasteiger partial charge in [-0.15, -0.1) is 0 Å². The van der Waals surface area contributed by atoms with Crippen LogP contribution in [-0.4, -0.2) is 51.8 Å². The number of carboxylic acids is 1. The number of hydrogen-bond donors (Lipinski definition) is 1. The summed E-state index contributed by atoms with van der Waals surface area (Å²) in [6.07, 6.45) is 2.57. The predicted octanol–water partition coefficient (Wildman–Crippen LogP) is 6.43. The molecule has 0 aliphatic rings. The van der Waals surface area contributed by atoms with Gasteiger partial charge < -0.3 is 5.11 Å². The summed E-state index contributed by atoms with van der Waals surface area (Å²) in [5.74, 6) is 0.325. The van der Waals surface area contributed by atoms with Crippen LogP contribution in [0.4, 0.5) is 0 Å². The molecule has 3 rings (SSSR count). The van der Waals surface area contributed by atoms with Crippen molar-refractivity contribution >= 4 is 67.0 Å². The van der Waals surface area contributed by atoms with Crippen LogP contribution in [0.2, 0.25) is 5.02 Å². The summed E-state index contributed by atoms with van der Waals surface area (Å²) in [4.78, 5) is 11.9. The van der Waals surface area contributed by atoms with Crippen LogP contribution in [0, 0.1) is 6.92 Å². The quantitative estimate of drug-likeness (QED) is 0.196. The minimum atomic E-state index is -2.89. The fraction of sp³-hybridized carbons (Fsp3) is 0.400. The zero-order valence-corrected chi connectivity index (χ0v) is 23.4. The number of carboxylic acid groups (broad SMARTS) is 1. The summed E-state index contributed by atoms with van der Waals surface area (Å²) in [5, 5.41) is 10.6. The molecule has 0 aliphatic heterocycles. The van der Waals surface area contributed by atoms with Gasteiger partial charge in [0.2, 0.25) is 0 Å². The van der Waals surface area contributed by atoms with Gasteiger partial charge in [0.05, 0.1) is 0 Å². The summed E-state index contributed by atoms with van der Waals surface area (Å²) in [5.41, 5.74) is 1.92. The third-order valence-corrected chi connectivity index (χ3v) is 10.7. The number of hydrogen-bond acceptors (Lipinski definition) is 5. The van der Waals surface area contributed by atoms with Crippen LogP contribution < -0.4 is 4.74 Å². The van der Waals surface area contributed by atoms with Crippen molar-refractivity contribution in [3.8, 4) is 5.75 Å². The molecule has 0 spiro atoms. The Kier molecular flexibility index (Phi) is 10.1. The van der Waals surface area contributed by atoms with Crippen molar-refractivity contribution in [3.63, 3.8) is 0 Å². The van der Waals surface area contributed by atoms with E-state index in [0.717, 1.165) is 45.4 Å². The van der Waals surface area contributed by atoms with Crippen LogP contribution in [0.25, 0.3) is 10.1 Å². The Morgan fingerprint density at radius 3 is 2.66 bits per heavy atom. The topological polar surface area (TPSA) is 66.8 Å². The molecular weight excluding hydrogens is 521 g/mol. The van der Waals surface area contributed by atoms with Crippen LogP contribution in [0.15, 0.2) is 45.5 Å². The number of carbonyl (C=O) groups is 1. The van der Waals surface area contributed by atoms with Crippen LogP contribution in [-0.2, 0) is 20.8 Å². The average Bonchev–Trinajstić information content (AvgIpc) is 3.14.